The zero-order chi connectivity index (χ0) is 27.8. The molecule has 38 heavy (non-hydrogen) atoms. The van der Waals surface area contributed by atoms with Crippen molar-refractivity contribution in [1.29, 1.82) is 0 Å². The lowest BCUT2D eigenvalue weighted by molar-refractivity contribution is -0.122. The number of aliphatic hydroxyl groups is 2. The summed E-state index contributed by atoms with van der Waals surface area (Å²) in [5.41, 5.74) is 0. The molecule has 3 heterocycles. The van der Waals surface area contributed by atoms with Crippen LogP contribution < -0.4 is 10.6 Å². The number of carbonyl (C=O) groups is 2. The molecule has 224 valence electrons. The van der Waals surface area contributed by atoms with Crippen molar-refractivity contribution >= 4 is 55.0 Å². The Morgan fingerprint density at radius 1 is 0.947 bits per heavy atom. The molecule has 0 saturated carbocycles. The van der Waals surface area contributed by atoms with E-state index in [2.05, 4.69) is 22.5 Å². The Balaban J connectivity index is 0.000000355. The van der Waals surface area contributed by atoms with Crippen LogP contribution in [0.25, 0.3) is 0 Å². The highest BCUT2D eigenvalue weighted by Crippen LogP contribution is 2.39. The van der Waals surface area contributed by atoms with Crippen LogP contribution >= 0.6 is 43.2 Å². The SMILES string of the molecule is C1CSSC1.CC1CCN(CCNC(=O)CCCC[C@@H]2CCSS2)CC1.CCCCC(=O)NCC(O)CO. The normalized spacial score (nSPS) is 20.6. The highest BCUT2D eigenvalue weighted by molar-refractivity contribution is 8.77. The number of nitrogens with one attached hydrogen (secondary N) is 2. The number of nitrogens with zero attached hydrogens (tertiary/aromatic N) is 1. The van der Waals surface area contributed by atoms with E-state index in [9.17, 15) is 9.59 Å². The third kappa shape index (κ3) is 21.0. The maximum Gasteiger partial charge on any atom is 0.220 e. The van der Waals surface area contributed by atoms with Gasteiger partial charge in [0.05, 0.1) is 12.7 Å². The summed E-state index contributed by atoms with van der Waals surface area (Å²) in [7, 11) is 8.03. The van der Waals surface area contributed by atoms with Crippen LogP contribution in [0.2, 0.25) is 0 Å². The van der Waals surface area contributed by atoms with Crippen molar-refractivity contribution in [2.75, 3.05) is 56.6 Å². The minimum Gasteiger partial charge on any atom is -0.394 e. The monoisotopic (exact) mass is 611 g/mol. The summed E-state index contributed by atoms with van der Waals surface area (Å²) in [6.45, 7) is 8.42. The van der Waals surface area contributed by atoms with E-state index in [-0.39, 0.29) is 25.0 Å². The number of unbranched alkanes of at least 4 members (excludes halogenated alkanes) is 2. The summed E-state index contributed by atoms with van der Waals surface area (Å²) in [6, 6.07) is 0. The van der Waals surface area contributed by atoms with E-state index in [4.69, 9.17) is 10.2 Å². The van der Waals surface area contributed by atoms with Gasteiger partial charge in [0.1, 0.15) is 0 Å². The van der Waals surface area contributed by atoms with Crippen molar-refractivity contribution in [1.82, 2.24) is 15.5 Å². The molecule has 3 aliphatic heterocycles. The third-order valence-corrected chi connectivity index (χ3v) is 12.2. The molecule has 2 amide bonds. The zero-order valence-electron chi connectivity index (χ0n) is 23.7. The molecule has 3 aliphatic rings. The van der Waals surface area contributed by atoms with E-state index < -0.39 is 6.10 Å². The first-order chi connectivity index (χ1) is 18.4. The molecule has 0 aromatic carbocycles. The number of hydrogen-bond donors (Lipinski definition) is 4. The van der Waals surface area contributed by atoms with Gasteiger partial charge in [-0.2, -0.15) is 0 Å². The summed E-state index contributed by atoms with van der Waals surface area (Å²) in [4.78, 5) is 25.2. The zero-order valence-corrected chi connectivity index (χ0v) is 26.9. The number of rotatable bonds is 14. The Labute approximate surface area is 247 Å². The summed E-state index contributed by atoms with van der Waals surface area (Å²) >= 11 is 0. The maximum absolute atomic E-state index is 11.8. The predicted octanol–water partition coefficient (Wildman–Crippen LogP) is 4.97. The molecule has 0 spiro atoms. The van der Waals surface area contributed by atoms with Crippen LogP contribution in [-0.2, 0) is 9.59 Å². The molecule has 1 unspecified atom stereocenters. The predicted molar refractivity (Wildman–Crippen MR) is 170 cm³/mol. The van der Waals surface area contributed by atoms with Crippen LogP contribution in [0.3, 0.4) is 0 Å². The minimum absolute atomic E-state index is 0.0654. The second kappa shape index (κ2) is 25.0. The Morgan fingerprint density at radius 2 is 1.63 bits per heavy atom. The van der Waals surface area contributed by atoms with Crippen molar-refractivity contribution < 1.29 is 19.8 Å². The van der Waals surface area contributed by atoms with Gasteiger partial charge in [-0.25, -0.2) is 0 Å². The summed E-state index contributed by atoms with van der Waals surface area (Å²) in [6.07, 6.45) is 11.2. The van der Waals surface area contributed by atoms with Crippen LogP contribution in [0.1, 0.15) is 84.5 Å². The van der Waals surface area contributed by atoms with Crippen molar-refractivity contribution in [3.63, 3.8) is 0 Å². The number of aliphatic hydroxyl groups excluding tert-OH is 2. The molecule has 3 saturated heterocycles. The molecule has 7 nitrogen and oxygen atoms in total. The second-order valence-corrected chi connectivity index (χ2v) is 15.7. The average molecular weight is 612 g/mol. The van der Waals surface area contributed by atoms with Crippen LogP contribution in [0, 0.1) is 5.92 Å². The molecule has 3 fully saturated rings. The number of likely N-dealkylation sites (tertiary alicyclic amines) is 1. The number of piperidine rings is 1. The molecule has 0 aromatic rings. The standard InChI is InChI=1S/C16H30N2OS2.C8H17NO3.C3H6S2/c1-14-6-10-18(11-7-14)12-9-17-16(19)5-3-2-4-15-8-13-20-21-15;1-2-3-4-8(12)9-5-7(11)6-10;1-2-4-5-3-1/h14-15H,2-13H2,1H3,(H,17,19);7,10-11H,2-6H2,1H3,(H,9,12);1-3H2/t15-;;/m1../s1. The Hall–Kier alpha value is 0.220. The molecule has 3 rings (SSSR count). The topological polar surface area (TPSA) is 102 Å². The van der Waals surface area contributed by atoms with E-state index in [1.54, 1.807) is 0 Å². The van der Waals surface area contributed by atoms with E-state index in [0.717, 1.165) is 43.5 Å². The quantitative estimate of drug-likeness (QED) is 0.160. The molecular formula is C27H53N3O4S4. The second-order valence-electron chi connectivity index (χ2n) is 10.2. The summed E-state index contributed by atoms with van der Waals surface area (Å²) in [5.74, 6) is 5.13. The van der Waals surface area contributed by atoms with E-state index >= 15 is 0 Å². The highest BCUT2D eigenvalue weighted by atomic mass is 33.1. The van der Waals surface area contributed by atoms with Crippen LogP contribution in [0.4, 0.5) is 0 Å². The van der Waals surface area contributed by atoms with Gasteiger partial charge in [0.15, 0.2) is 0 Å². The third-order valence-electron chi connectivity index (χ3n) is 6.58. The van der Waals surface area contributed by atoms with Crippen molar-refractivity contribution in [3.8, 4) is 0 Å². The van der Waals surface area contributed by atoms with Crippen molar-refractivity contribution in [3.05, 3.63) is 0 Å². The van der Waals surface area contributed by atoms with Gasteiger partial charge in [-0.1, -0.05) is 69.9 Å². The van der Waals surface area contributed by atoms with Crippen LogP contribution in [-0.4, -0.2) is 94.9 Å². The minimum atomic E-state index is -0.837. The van der Waals surface area contributed by atoms with E-state index in [0.29, 0.717) is 12.8 Å². The lowest BCUT2D eigenvalue weighted by Gasteiger charge is -2.30. The van der Waals surface area contributed by atoms with Crippen LogP contribution in [0.5, 0.6) is 0 Å². The molecule has 0 aromatic heterocycles. The van der Waals surface area contributed by atoms with Gasteiger partial charge >= 0.3 is 0 Å². The average Bonchev–Trinajstić information content (AvgIpc) is 3.68. The Morgan fingerprint density at radius 3 is 2.21 bits per heavy atom. The largest absolute Gasteiger partial charge is 0.394 e. The highest BCUT2D eigenvalue weighted by Gasteiger charge is 2.17. The molecule has 11 heteroatoms. The van der Waals surface area contributed by atoms with Crippen molar-refractivity contribution in [2.45, 2.75) is 95.8 Å². The maximum atomic E-state index is 11.8. The summed E-state index contributed by atoms with van der Waals surface area (Å²) in [5, 5.41) is 23.7. The first-order valence-corrected chi connectivity index (χ1v) is 19.4. The van der Waals surface area contributed by atoms with E-state index in [1.807, 2.05) is 50.1 Å². The number of hydrogen-bond acceptors (Lipinski definition) is 9. The van der Waals surface area contributed by atoms with Gasteiger partial charge in [0.2, 0.25) is 11.8 Å². The molecular weight excluding hydrogens is 559 g/mol. The fourth-order valence-electron chi connectivity index (χ4n) is 3.97. The molecule has 4 N–H and O–H groups in total. The van der Waals surface area contributed by atoms with E-state index in [1.165, 1.54) is 68.9 Å². The fourth-order valence-corrected chi connectivity index (χ4v) is 9.35. The lowest BCUT2D eigenvalue weighted by Crippen LogP contribution is -2.39. The van der Waals surface area contributed by atoms with Crippen LogP contribution in [0.15, 0.2) is 0 Å². The molecule has 2 atom stereocenters. The van der Waals surface area contributed by atoms with Gasteiger partial charge in [-0.15, -0.1) is 0 Å². The smallest absolute Gasteiger partial charge is 0.220 e. The summed E-state index contributed by atoms with van der Waals surface area (Å²) < 4.78 is 0. The molecule has 0 aliphatic carbocycles. The van der Waals surface area contributed by atoms with Gasteiger partial charge in [0.25, 0.3) is 0 Å². The first kappa shape index (κ1) is 36.2. The molecule has 0 bridgehead atoms. The fraction of sp³-hybridized carbons (Fsp3) is 0.926. The Kier molecular flexibility index (Phi) is 23.8. The first-order valence-electron chi connectivity index (χ1n) is 14.5. The lowest BCUT2D eigenvalue weighted by atomic mass is 9.99. The number of amides is 2. The van der Waals surface area contributed by atoms with Gasteiger partial charge < -0.3 is 25.7 Å². The molecule has 0 radical (unpaired) electrons. The van der Waals surface area contributed by atoms with Gasteiger partial charge in [-0.3, -0.25) is 9.59 Å². The van der Waals surface area contributed by atoms with Gasteiger partial charge in [-0.05, 0) is 64.0 Å². The van der Waals surface area contributed by atoms with Gasteiger partial charge in [0, 0.05) is 55.0 Å². The Bertz CT molecular complexity index is 581. The van der Waals surface area contributed by atoms with Crippen molar-refractivity contribution in [2.24, 2.45) is 5.92 Å². The number of carbonyl (C=O) groups excluding carboxylic acids is 2.